The molecule has 100 valence electrons. The fraction of sp³-hybridized carbons (Fsp3) is 0.400. The zero-order valence-corrected chi connectivity index (χ0v) is 11.0. The van der Waals surface area contributed by atoms with Crippen LogP contribution in [-0.2, 0) is 14.8 Å². The Labute approximate surface area is 108 Å². The molecule has 1 aliphatic rings. The van der Waals surface area contributed by atoms with Gasteiger partial charge in [-0.05, 0) is 0 Å². The number of fused-ring (bicyclic) bond motifs is 1. The maximum atomic E-state index is 13.7. The predicted molar refractivity (Wildman–Crippen MR) is 62.4 cm³/mol. The molecular formula is C10H10ClFO5S. The highest BCUT2D eigenvalue weighted by atomic mass is 35.7. The average molecular weight is 297 g/mol. The van der Waals surface area contributed by atoms with Crippen LogP contribution in [0.4, 0.5) is 4.39 Å². The molecule has 0 radical (unpaired) electrons. The molecule has 0 atom stereocenters. The molecule has 0 aliphatic carbocycles. The first-order valence-corrected chi connectivity index (χ1v) is 7.47. The van der Waals surface area contributed by atoms with E-state index >= 15 is 0 Å². The predicted octanol–water partition coefficient (Wildman–Crippen LogP) is 1.67. The maximum Gasteiger partial charge on any atom is 0.237 e. The van der Waals surface area contributed by atoms with Crippen molar-refractivity contribution in [1.29, 1.82) is 0 Å². The molecule has 8 heteroatoms. The lowest BCUT2D eigenvalue weighted by Gasteiger charge is -2.22. The minimum absolute atomic E-state index is 0.0298. The molecular weight excluding hydrogens is 287 g/mol. The molecule has 1 aliphatic heterocycles. The van der Waals surface area contributed by atoms with Gasteiger partial charge in [0.25, 0.3) is 0 Å². The minimum atomic E-state index is -3.87. The SMILES string of the molecule is COc1c(F)cc2c(c1CS(=O)(=O)Cl)OCCO2. The van der Waals surface area contributed by atoms with Crippen molar-refractivity contribution in [2.45, 2.75) is 5.75 Å². The van der Waals surface area contributed by atoms with Crippen molar-refractivity contribution in [3.05, 3.63) is 17.4 Å². The van der Waals surface area contributed by atoms with Gasteiger partial charge in [0.05, 0.1) is 18.4 Å². The molecule has 0 fully saturated rings. The highest BCUT2D eigenvalue weighted by Crippen LogP contribution is 2.42. The Bertz CT molecular complexity index is 572. The molecule has 1 heterocycles. The van der Waals surface area contributed by atoms with Crippen LogP contribution >= 0.6 is 10.7 Å². The third-order valence-electron chi connectivity index (χ3n) is 2.35. The monoisotopic (exact) mass is 296 g/mol. The summed E-state index contributed by atoms with van der Waals surface area (Å²) in [6.45, 7) is 0.517. The van der Waals surface area contributed by atoms with Crippen molar-refractivity contribution in [2.24, 2.45) is 0 Å². The van der Waals surface area contributed by atoms with Gasteiger partial charge in [-0.25, -0.2) is 12.8 Å². The minimum Gasteiger partial charge on any atom is -0.493 e. The van der Waals surface area contributed by atoms with E-state index in [0.717, 1.165) is 6.07 Å². The van der Waals surface area contributed by atoms with Gasteiger partial charge in [0, 0.05) is 16.7 Å². The third kappa shape index (κ3) is 2.62. The second kappa shape index (κ2) is 4.81. The Hall–Kier alpha value is -1.21. The maximum absolute atomic E-state index is 13.7. The summed E-state index contributed by atoms with van der Waals surface area (Å²) < 4.78 is 51.4. The largest absolute Gasteiger partial charge is 0.493 e. The van der Waals surface area contributed by atoms with Crippen LogP contribution in [-0.4, -0.2) is 28.7 Å². The van der Waals surface area contributed by atoms with Crippen LogP contribution < -0.4 is 14.2 Å². The van der Waals surface area contributed by atoms with Gasteiger partial charge < -0.3 is 14.2 Å². The molecule has 1 aromatic carbocycles. The fourth-order valence-corrected chi connectivity index (χ4v) is 2.66. The van der Waals surface area contributed by atoms with Gasteiger partial charge in [0.2, 0.25) is 9.05 Å². The third-order valence-corrected chi connectivity index (χ3v) is 3.32. The van der Waals surface area contributed by atoms with Gasteiger partial charge in [-0.15, -0.1) is 0 Å². The first kappa shape index (κ1) is 13.2. The lowest BCUT2D eigenvalue weighted by Crippen LogP contribution is -2.18. The number of methoxy groups -OCH3 is 1. The molecule has 0 amide bonds. The Balaban J connectivity index is 2.62. The second-order valence-corrected chi connectivity index (χ2v) is 6.35. The molecule has 18 heavy (non-hydrogen) atoms. The van der Waals surface area contributed by atoms with Crippen molar-refractivity contribution in [1.82, 2.24) is 0 Å². The quantitative estimate of drug-likeness (QED) is 0.794. The van der Waals surface area contributed by atoms with Gasteiger partial charge in [-0.1, -0.05) is 0 Å². The number of benzene rings is 1. The van der Waals surface area contributed by atoms with E-state index in [-0.39, 0.29) is 36.0 Å². The summed E-state index contributed by atoms with van der Waals surface area (Å²) in [5.41, 5.74) is 0.0298. The number of halogens is 2. The van der Waals surface area contributed by atoms with E-state index in [1.807, 2.05) is 0 Å². The van der Waals surface area contributed by atoms with E-state index in [4.69, 9.17) is 24.9 Å². The second-order valence-electron chi connectivity index (χ2n) is 3.58. The zero-order chi connectivity index (χ0) is 13.3. The van der Waals surface area contributed by atoms with E-state index in [2.05, 4.69) is 0 Å². The van der Waals surface area contributed by atoms with Gasteiger partial charge in [0.1, 0.15) is 13.2 Å². The molecule has 0 saturated carbocycles. The van der Waals surface area contributed by atoms with Gasteiger partial charge in [-0.2, -0.15) is 0 Å². The molecule has 0 bridgehead atoms. The van der Waals surface area contributed by atoms with E-state index in [9.17, 15) is 12.8 Å². The Kier molecular flexibility index (Phi) is 3.54. The summed E-state index contributed by atoms with van der Waals surface area (Å²) in [6.07, 6.45) is 0. The van der Waals surface area contributed by atoms with E-state index in [1.54, 1.807) is 0 Å². The van der Waals surface area contributed by atoms with E-state index in [0.29, 0.717) is 0 Å². The van der Waals surface area contributed by atoms with Crippen LogP contribution in [0, 0.1) is 5.82 Å². The molecule has 0 spiro atoms. The van der Waals surface area contributed by atoms with Crippen LogP contribution in [0.15, 0.2) is 6.07 Å². The topological polar surface area (TPSA) is 61.8 Å². The number of ether oxygens (including phenoxy) is 3. The standard InChI is InChI=1S/C10H10ClFO5S/c1-15-9-6(5-18(11,13)14)10-8(4-7(9)12)16-2-3-17-10/h4H,2-3,5H2,1H3. The van der Waals surface area contributed by atoms with E-state index < -0.39 is 20.6 Å². The summed E-state index contributed by atoms with van der Waals surface area (Å²) in [5.74, 6) is -1.22. The van der Waals surface area contributed by atoms with Crippen molar-refractivity contribution in [3.63, 3.8) is 0 Å². The van der Waals surface area contributed by atoms with Crippen LogP contribution in [0.3, 0.4) is 0 Å². The molecule has 5 nitrogen and oxygen atoms in total. The lowest BCUT2D eigenvalue weighted by molar-refractivity contribution is 0.168. The highest BCUT2D eigenvalue weighted by Gasteiger charge is 2.26. The zero-order valence-electron chi connectivity index (χ0n) is 9.40. The fourth-order valence-electron chi connectivity index (χ4n) is 1.73. The van der Waals surface area contributed by atoms with Gasteiger partial charge in [-0.3, -0.25) is 0 Å². The van der Waals surface area contributed by atoms with Crippen molar-refractivity contribution < 1.29 is 27.0 Å². The highest BCUT2D eigenvalue weighted by molar-refractivity contribution is 8.13. The lowest BCUT2D eigenvalue weighted by atomic mass is 10.1. The van der Waals surface area contributed by atoms with Gasteiger partial charge >= 0.3 is 0 Å². The summed E-state index contributed by atoms with van der Waals surface area (Å²) in [6, 6.07) is 1.09. The Morgan fingerprint density at radius 3 is 2.72 bits per heavy atom. The average Bonchev–Trinajstić information content (AvgIpc) is 2.27. The van der Waals surface area contributed by atoms with Crippen molar-refractivity contribution >= 4 is 19.7 Å². The summed E-state index contributed by atoms with van der Waals surface area (Å²) in [7, 11) is 2.55. The molecule has 0 N–H and O–H groups in total. The number of hydrogen-bond donors (Lipinski definition) is 0. The van der Waals surface area contributed by atoms with Crippen LogP contribution in [0.1, 0.15) is 5.56 Å². The normalized spacial score (nSPS) is 14.4. The smallest absolute Gasteiger partial charge is 0.237 e. The number of hydrogen-bond acceptors (Lipinski definition) is 5. The van der Waals surface area contributed by atoms with Crippen LogP contribution in [0.2, 0.25) is 0 Å². The van der Waals surface area contributed by atoms with Gasteiger partial charge in [0.15, 0.2) is 23.1 Å². The summed E-state index contributed by atoms with van der Waals surface area (Å²) in [4.78, 5) is 0. The summed E-state index contributed by atoms with van der Waals surface area (Å²) >= 11 is 0. The first-order valence-electron chi connectivity index (χ1n) is 4.99. The Morgan fingerprint density at radius 1 is 1.44 bits per heavy atom. The molecule has 0 aromatic heterocycles. The first-order chi connectivity index (χ1) is 8.42. The summed E-state index contributed by atoms with van der Waals surface area (Å²) in [5, 5.41) is 0. The molecule has 0 unspecified atom stereocenters. The van der Waals surface area contributed by atoms with Crippen molar-refractivity contribution in [2.75, 3.05) is 20.3 Å². The van der Waals surface area contributed by atoms with Crippen LogP contribution in [0.25, 0.3) is 0 Å². The van der Waals surface area contributed by atoms with E-state index in [1.165, 1.54) is 7.11 Å². The number of rotatable bonds is 3. The van der Waals surface area contributed by atoms with Crippen molar-refractivity contribution in [3.8, 4) is 17.2 Å². The van der Waals surface area contributed by atoms with Crippen LogP contribution in [0.5, 0.6) is 17.2 Å². The molecule has 2 rings (SSSR count). The molecule has 0 saturated heterocycles. The molecule has 1 aromatic rings. The Morgan fingerprint density at radius 2 is 2.11 bits per heavy atom.